The van der Waals surface area contributed by atoms with Crippen LogP contribution in [0.3, 0.4) is 0 Å². The molecule has 0 spiro atoms. The summed E-state index contributed by atoms with van der Waals surface area (Å²) in [5.41, 5.74) is -0.259. The topological polar surface area (TPSA) is 87.0 Å². The molecule has 0 radical (unpaired) electrons. The van der Waals surface area contributed by atoms with Gasteiger partial charge >= 0.3 is 0 Å². The second-order valence-electron chi connectivity index (χ2n) is 2.78. The number of rotatable bonds is 7. The molecular weight excluding hydrogens is 208 g/mol. The quantitative estimate of drug-likeness (QED) is 0.379. The summed E-state index contributed by atoms with van der Waals surface area (Å²) >= 11 is 1.37. The van der Waals surface area contributed by atoms with Crippen LogP contribution < -0.4 is 0 Å². The van der Waals surface area contributed by atoms with Crippen molar-refractivity contribution in [1.82, 2.24) is 0 Å². The minimum atomic E-state index is -1.40. The number of aliphatic hydroxyl groups excluding tert-OH is 3. The molecule has 0 fully saturated rings. The Hall–Kier alpha value is -0.140. The van der Waals surface area contributed by atoms with Gasteiger partial charge in [0.05, 0.1) is 6.61 Å². The van der Waals surface area contributed by atoms with Crippen molar-refractivity contribution in [2.24, 2.45) is 0 Å². The first-order valence-electron chi connectivity index (χ1n) is 4.17. The third-order valence-corrected chi connectivity index (χ3v) is 2.51. The van der Waals surface area contributed by atoms with Crippen molar-refractivity contribution in [3.05, 3.63) is 0 Å². The number of ether oxygens (including phenoxy) is 1. The predicted molar refractivity (Wildman–Crippen MR) is 53.0 cm³/mol. The SMILES string of the molecule is CSC(C)O[C@@H](C=O)[C@H](O)[C@H](O)CO. The highest BCUT2D eigenvalue weighted by Crippen LogP contribution is 2.12. The van der Waals surface area contributed by atoms with Crippen LogP contribution >= 0.6 is 11.8 Å². The molecule has 0 saturated heterocycles. The first kappa shape index (κ1) is 13.9. The third kappa shape index (κ3) is 4.39. The van der Waals surface area contributed by atoms with E-state index in [0.29, 0.717) is 6.29 Å². The minimum Gasteiger partial charge on any atom is -0.394 e. The summed E-state index contributed by atoms with van der Waals surface area (Å²) in [6.07, 6.45) is -1.66. The highest BCUT2D eigenvalue weighted by atomic mass is 32.2. The van der Waals surface area contributed by atoms with Crippen LogP contribution in [0.15, 0.2) is 0 Å². The van der Waals surface area contributed by atoms with Gasteiger partial charge in [0, 0.05) is 0 Å². The molecule has 0 aromatic heterocycles. The second kappa shape index (κ2) is 7.19. The Bertz CT molecular complexity index is 166. The maximum Gasteiger partial charge on any atom is 0.151 e. The predicted octanol–water partition coefficient (Wildman–Crippen LogP) is -1.01. The maximum absolute atomic E-state index is 10.5. The van der Waals surface area contributed by atoms with Crippen molar-refractivity contribution < 1.29 is 24.9 Å². The van der Waals surface area contributed by atoms with Gasteiger partial charge in [0.2, 0.25) is 0 Å². The Labute approximate surface area is 87.1 Å². The molecule has 14 heavy (non-hydrogen) atoms. The summed E-state index contributed by atoms with van der Waals surface area (Å²) < 4.78 is 5.11. The number of hydrogen-bond acceptors (Lipinski definition) is 6. The van der Waals surface area contributed by atoms with E-state index in [4.69, 9.17) is 14.9 Å². The van der Waals surface area contributed by atoms with E-state index in [1.165, 1.54) is 11.8 Å². The van der Waals surface area contributed by atoms with Crippen molar-refractivity contribution in [3.8, 4) is 0 Å². The molecule has 0 aliphatic carbocycles. The van der Waals surface area contributed by atoms with Crippen molar-refractivity contribution >= 4 is 18.0 Å². The fraction of sp³-hybridized carbons (Fsp3) is 0.875. The van der Waals surface area contributed by atoms with Gasteiger partial charge in [-0.25, -0.2) is 0 Å². The van der Waals surface area contributed by atoms with Gasteiger partial charge in [0.25, 0.3) is 0 Å². The van der Waals surface area contributed by atoms with Crippen molar-refractivity contribution in [1.29, 1.82) is 0 Å². The fourth-order valence-electron chi connectivity index (χ4n) is 0.797. The highest BCUT2D eigenvalue weighted by molar-refractivity contribution is 7.99. The van der Waals surface area contributed by atoms with Crippen LogP contribution in [0.1, 0.15) is 6.92 Å². The summed E-state index contributed by atoms with van der Waals surface area (Å²) in [6.45, 7) is 1.11. The monoisotopic (exact) mass is 224 g/mol. The molecule has 3 N–H and O–H groups in total. The minimum absolute atomic E-state index is 0.259. The third-order valence-electron chi connectivity index (χ3n) is 1.73. The van der Waals surface area contributed by atoms with Crippen LogP contribution in [0, 0.1) is 0 Å². The largest absolute Gasteiger partial charge is 0.394 e. The molecule has 4 atom stereocenters. The average molecular weight is 224 g/mol. The Balaban J connectivity index is 4.18. The van der Waals surface area contributed by atoms with Gasteiger partial charge in [-0.15, -0.1) is 11.8 Å². The van der Waals surface area contributed by atoms with Crippen LogP contribution in [0.4, 0.5) is 0 Å². The number of aliphatic hydroxyl groups is 3. The molecule has 0 rings (SSSR count). The summed E-state index contributed by atoms with van der Waals surface area (Å²) in [5, 5.41) is 27.0. The molecule has 5 nitrogen and oxygen atoms in total. The van der Waals surface area contributed by atoms with Crippen molar-refractivity contribution in [3.63, 3.8) is 0 Å². The molecule has 0 aliphatic heterocycles. The van der Waals surface area contributed by atoms with Gasteiger partial charge in [-0.05, 0) is 13.2 Å². The van der Waals surface area contributed by atoms with Crippen LogP contribution in [-0.4, -0.2) is 58.2 Å². The summed E-state index contributed by atoms with van der Waals surface area (Å²) in [6, 6.07) is 0. The van der Waals surface area contributed by atoms with Gasteiger partial charge in [0.15, 0.2) is 6.29 Å². The van der Waals surface area contributed by atoms with E-state index in [2.05, 4.69) is 0 Å². The Morgan fingerprint density at radius 2 is 2.07 bits per heavy atom. The second-order valence-corrected chi connectivity index (χ2v) is 3.92. The number of thioether (sulfide) groups is 1. The summed E-state index contributed by atoms with van der Waals surface area (Å²) in [7, 11) is 0. The molecule has 0 bridgehead atoms. The zero-order valence-corrected chi connectivity index (χ0v) is 8.98. The van der Waals surface area contributed by atoms with Gasteiger partial charge in [-0.2, -0.15) is 0 Å². The molecule has 0 aromatic rings. The van der Waals surface area contributed by atoms with Crippen LogP contribution in [0.25, 0.3) is 0 Å². The first-order chi connectivity index (χ1) is 6.56. The van der Waals surface area contributed by atoms with Crippen LogP contribution in [0.2, 0.25) is 0 Å². The molecule has 0 aromatic carbocycles. The number of carbonyl (C=O) groups excluding carboxylic acids is 1. The van der Waals surface area contributed by atoms with Gasteiger partial charge in [-0.1, -0.05) is 0 Å². The maximum atomic E-state index is 10.5. The summed E-state index contributed by atoms with van der Waals surface area (Å²) in [4.78, 5) is 10.5. The van der Waals surface area contributed by atoms with E-state index < -0.39 is 24.9 Å². The normalized spacial score (nSPS) is 19.8. The molecule has 6 heteroatoms. The fourth-order valence-corrected chi connectivity index (χ4v) is 1.04. The zero-order chi connectivity index (χ0) is 11.1. The molecule has 1 unspecified atom stereocenters. The van der Waals surface area contributed by atoms with Gasteiger partial charge < -0.3 is 24.9 Å². The number of aldehydes is 1. The highest BCUT2D eigenvalue weighted by Gasteiger charge is 2.27. The Morgan fingerprint density at radius 1 is 1.50 bits per heavy atom. The smallest absolute Gasteiger partial charge is 0.151 e. The Kier molecular flexibility index (Phi) is 7.12. The molecule has 0 heterocycles. The van der Waals surface area contributed by atoms with E-state index in [1.54, 1.807) is 13.2 Å². The lowest BCUT2D eigenvalue weighted by Gasteiger charge is -2.23. The van der Waals surface area contributed by atoms with Crippen molar-refractivity contribution in [2.75, 3.05) is 12.9 Å². The van der Waals surface area contributed by atoms with Gasteiger partial charge in [0.1, 0.15) is 23.7 Å². The van der Waals surface area contributed by atoms with Crippen LogP contribution in [-0.2, 0) is 9.53 Å². The van der Waals surface area contributed by atoms with E-state index in [-0.39, 0.29) is 5.44 Å². The molecular formula is C8H16O5S. The molecule has 0 saturated carbocycles. The van der Waals surface area contributed by atoms with E-state index in [1.807, 2.05) is 0 Å². The molecule has 0 aliphatic rings. The lowest BCUT2D eigenvalue weighted by molar-refractivity contribution is -0.137. The number of hydrogen-bond donors (Lipinski definition) is 3. The van der Waals surface area contributed by atoms with Gasteiger partial charge in [-0.3, -0.25) is 0 Å². The Morgan fingerprint density at radius 3 is 2.43 bits per heavy atom. The molecule has 0 amide bonds. The lowest BCUT2D eigenvalue weighted by Crippen LogP contribution is -2.42. The number of carbonyl (C=O) groups is 1. The molecule has 84 valence electrons. The van der Waals surface area contributed by atoms with Crippen molar-refractivity contribution in [2.45, 2.75) is 30.7 Å². The van der Waals surface area contributed by atoms with E-state index in [9.17, 15) is 9.90 Å². The average Bonchev–Trinajstić information content (AvgIpc) is 2.23. The lowest BCUT2D eigenvalue weighted by atomic mass is 10.1. The van der Waals surface area contributed by atoms with Crippen LogP contribution in [0.5, 0.6) is 0 Å². The van der Waals surface area contributed by atoms with E-state index in [0.717, 1.165) is 0 Å². The zero-order valence-electron chi connectivity index (χ0n) is 8.16. The standard InChI is InChI=1S/C8H16O5S/c1-5(14-2)13-7(4-10)8(12)6(11)3-9/h4-9,11-12H,3H2,1-2H3/t5?,6-,7+,8-/m1/s1. The summed E-state index contributed by atoms with van der Waals surface area (Å²) in [5.74, 6) is 0. The van der Waals surface area contributed by atoms with E-state index >= 15 is 0 Å². The first-order valence-corrected chi connectivity index (χ1v) is 5.46.